The minimum absolute atomic E-state index is 1.02. The predicted octanol–water partition coefficient (Wildman–Crippen LogP) is -1.43. The molecule has 0 spiro atoms. The van der Waals surface area contributed by atoms with Gasteiger partial charge in [-0.3, -0.25) is 0 Å². The van der Waals surface area contributed by atoms with Crippen molar-refractivity contribution in [2.24, 2.45) is 0 Å². The van der Waals surface area contributed by atoms with E-state index in [1.54, 1.807) is 0 Å². The van der Waals surface area contributed by atoms with Gasteiger partial charge in [0.1, 0.15) is 12.2 Å². The molecule has 0 unspecified atom stereocenters. The number of hydrogen-bond acceptors (Lipinski definition) is 4. The molecule has 3 atom stereocenters. The number of hydrogen-bond donors (Lipinski definition) is 3. The van der Waals surface area contributed by atoms with Crippen LogP contribution in [0.4, 0.5) is 0 Å². The van der Waals surface area contributed by atoms with Crippen molar-refractivity contribution in [3.8, 4) is 0 Å². The van der Waals surface area contributed by atoms with E-state index in [1.807, 2.05) is 0 Å². The highest BCUT2D eigenvalue weighted by Gasteiger charge is 2.26. The van der Waals surface area contributed by atoms with Gasteiger partial charge < -0.3 is 20.1 Å². The maximum absolute atomic E-state index is 8.77. The minimum atomic E-state index is -1.30. The molecule has 1 aliphatic rings. The lowest BCUT2D eigenvalue weighted by Gasteiger charge is -2.23. The fourth-order valence-corrected chi connectivity index (χ4v) is 0.569. The van der Waals surface area contributed by atoms with Gasteiger partial charge in [-0.25, -0.2) is 0 Å². The molecule has 0 aromatic rings. The Morgan fingerprint density at radius 3 is 2.33 bits per heavy atom. The van der Waals surface area contributed by atoms with Crippen molar-refractivity contribution < 1.29 is 20.1 Å². The summed E-state index contributed by atoms with van der Waals surface area (Å²) in [6.45, 7) is 0. The van der Waals surface area contributed by atoms with Gasteiger partial charge in [-0.05, 0) is 6.08 Å². The molecule has 0 aliphatic carbocycles. The molecular formula is C5H8O4. The van der Waals surface area contributed by atoms with Crippen LogP contribution in [0.3, 0.4) is 0 Å². The van der Waals surface area contributed by atoms with Gasteiger partial charge in [-0.15, -0.1) is 0 Å². The van der Waals surface area contributed by atoms with Gasteiger partial charge >= 0.3 is 0 Å². The number of ether oxygens (including phenoxy) is 1. The normalized spacial score (nSPS) is 42.3. The first-order valence-corrected chi connectivity index (χ1v) is 2.58. The zero-order valence-electron chi connectivity index (χ0n) is 4.64. The van der Waals surface area contributed by atoms with Crippen molar-refractivity contribution in [1.29, 1.82) is 0 Å². The summed E-state index contributed by atoms with van der Waals surface area (Å²) in [7, 11) is 0. The highest BCUT2D eigenvalue weighted by molar-refractivity contribution is 4.93. The molecule has 3 N–H and O–H groups in total. The van der Waals surface area contributed by atoms with E-state index in [4.69, 9.17) is 15.3 Å². The zero-order valence-corrected chi connectivity index (χ0v) is 4.64. The average Bonchev–Trinajstić information content (AvgIpc) is 1.83. The van der Waals surface area contributed by atoms with Crippen LogP contribution in [0.1, 0.15) is 0 Å². The van der Waals surface area contributed by atoms with Crippen molar-refractivity contribution in [2.45, 2.75) is 18.5 Å². The maximum atomic E-state index is 8.77. The second kappa shape index (κ2) is 2.34. The van der Waals surface area contributed by atoms with Gasteiger partial charge in [0.25, 0.3) is 0 Å². The van der Waals surface area contributed by atoms with Crippen LogP contribution < -0.4 is 0 Å². The Morgan fingerprint density at radius 1 is 1.22 bits per heavy atom. The van der Waals surface area contributed by atoms with E-state index in [0.29, 0.717) is 0 Å². The topological polar surface area (TPSA) is 69.9 Å². The zero-order chi connectivity index (χ0) is 6.85. The maximum Gasteiger partial charge on any atom is 0.225 e. The van der Waals surface area contributed by atoms with Gasteiger partial charge in [0.2, 0.25) is 6.29 Å². The van der Waals surface area contributed by atoms with Gasteiger partial charge in [0.15, 0.2) is 0 Å². The van der Waals surface area contributed by atoms with Crippen molar-refractivity contribution in [1.82, 2.24) is 0 Å². The van der Waals surface area contributed by atoms with E-state index < -0.39 is 18.5 Å². The lowest BCUT2D eigenvalue weighted by atomic mass is 10.2. The summed E-state index contributed by atoms with van der Waals surface area (Å²) in [5, 5.41) is 26.2. The molecular weight excluding hydrogens is 124 g/mol. The van der Waals surface area contributed by atoms with Crippen LogP contribution in [0.2, 0.25) is 0 Å². The molecule has 0 aromatic heterocycles. The second-order valence-electron chi connectivity index (χ2n) is 1.84. The third kappa shape index (κ3) is 1.21. The van der Waals surface area contributed by atoms with E-state index >= 15 is 0 Å². The van der Waals surface area contributed by atoms with Crippen molar-refractivity contribution in [3.05, 3.63) is 12.3 Å². The molecule has 0 saturated heterocycles. The van der Waals surface area contributed by atoms with E-state index in [1.165, 1.54) is 6.08 Å². The van der Waals surface area contributed by atoms with Gasteiger partial charge in [-0.2, -0.15) is 0 Å². The minimum Gasteiger partial charge on any atom is -0.470 e. The van der Waals surface area contributed by atoms with Crippen LogP contribution in [-0.4, -0.2) is 33.8 Å². The Balaban J connectivity index is 2.58. The Kier molecular flexibility index (Phi) is 1.70. The lowest BCUT2D eigenvalue weighted by Crippen LogP contribution is -2.39. The molecule has 1 heterocycles. The fourth-order valence-electron chi connectivity index (χ4n) is 0.569. The van der Waals surface area contributed by atoms with Gasteiger partial charge in [0, 0.05) is 0 Å². The van der Waals surface area contributed by atoms with E-state index in [0.717, 1.165) is 6.26 Å². The Hall–Kier alpha value is -0.580. The molecule has 1 aliphatic heterocycles. The first-order valence-electron chi connectivity index (χ1n) is 2.58. The Bertz CT molecular complexity index is 122. The number of aliphatic hydroxyl groups excluding tert-OH is 3. The standard InChI is InChI=1S/C5H8O4/c6-3-1-2-9-5(8)4(3)7/h1-8H/t3-,4+,5+/m1/s1. The largest absolute Gasteiger partial charge is 0.470 e. The van der Waals surface area contributed by atoms with Crippen LogP contribution in [0.5, 0.6) is 0 Å². The van der Waals surface area contributed by atoms with E-state index in [-0.39, 0.29) is 0 Å². The molecule has 9 heavy (non-hydrogen) atoms. The molecule has 0 saturated carbocycles. The van der Waals surface area contributed by atoms with Crippen LogP contribution in [0.15, 0.2) is 12.3 Å². The first-order chi connectivity index (χ1) is 4.22. The summed E-state index contributed by atoms with van der Waals surface area (Å²) < 4.78 is 4.43. The summed E-state index contributed by atoms with van der Waals surface area (Å²) in [5.74, 6) is 0. The molecule has 0 bridgehead atoms. The summed E-state index contributed by atoms with van der Waals surface area (Å²) in [5.41, 5.74) is 0. The third-order valence-corrected chi connectivity index (χ3v) is 1.14. The van der Waals surface area contributed by atoms with E-state index in [9.17, 15) is 0 Å². The predicted molar refractivity (Wildman–Crippen MR) is 28.2 cm³/mol. The average molecular weight is 132 g/mol. The van der Waals surface area contributed by atoms with Crippen LogP contribution >= 0.6 is 0 Å². The van der Waals surface area contributed by atoms with Crippen LogP contribution in [-0.2, 0) is 4.74 Å². The molecule has 4 nitrogen and oxygen atoms in total. The Labute approximate surface area is 52.0 Å². The SMILES string of the molecule is O[C@H]1[C@H](O)C=CO[C@@H]1O. The highest BCUT2D eigenvalue weighted by Crippen LogP contribution is 2.08. The summed E-state index contributed by atoms with van der Waals surface area (Å²) in [6, 6.07) is 0. The molecule has 0 amide bonds. The Morgan fingerprint density at radius 2 is 1.89 bits per heavy atom. The van der Waals surface area contributed by atoms with Gasteiger partial charge in [0.05, 0.1) is 6.26 Å². The number of aliphatic hydroxyl groups is 3. The summed E-state index contributed by atoms with van der Waals surface area (Å²) >= 11 is 0. The molecule has 4 heteroatoms. The monoisotopic (exact) mass is 132 g/mol. The van der Waals surface area contributed by atoms with Crippen molar-refractivity contribution >= 4 is 0 Å². The van der Waals surface area contributed by atoms with E-state index in [2.05, 4.69) is 4.74 Å². The smallest absolute Gasteiger partial charge is 0.225 e. The first kappa shape index (κ1) is 6.54. The lowest BCUT2D eigenvalue weighted by molar-refractivity contribution is -0.164. The van der Waals surface area contributed by atoms with Crippen LogP contribution in [0.25, 0.3) is 0 Å². The molecule has 0 aromatic carbocycles. The molecule has 1 rings (SSSR count). The quantitative estimate of drug-likeness (QED) is 0.378. The van der Waals surface area contributed by atoms with Crippen LogP contribution in [0, 0.1) is 0 Å². The third-order valence-electron chi connectivity index (χ3n) is 1.14. The highest BCUT2D eigenvalue weighted by atomic mass is 16.6. The van der Waals surface area contributed by atoms with Crippen molar-refractivity contribution in [2.75, 3.05) is 0 Å². The molecule has 52 valence electrons. The summed E-state index contributed by atoms with van der Waals surface area (Å²) in [4.78, 5) is 0. The second-order valence-corrected chi connectivity index (χ2v) is 1.84. The fraction of sp³-hybridized carbons (Fsp3) is 0.600. The summed E-state index contributed by atoms with van der Waals surface area (Å²) in [6.07, 6.45) is -1.13. The molecule has 0 radical (unpaired) electrons. The number of rotatable bonds is 0. The van der Waals surface area contributed by atoms with Gasteiger partial charge in [-0.1, -0.05) is 0 Å². The molecule has 0 fully saturated rings. The van der Waals surface area contributed by atoms with Crippen molar-refractivity contribution in [3.63, 3.8) is 0 Å².